The summed E-state index contributed by atoms with van der Waals surface area (Å²) in [7, 11) is 0. The third-order valence-electron chi connectivity index (χ3n) is 2.50. The SMILES string of the molecule is C[C]1O[C@@H](n2cc(F)c(=O)[nH]c2=O)[C@@H](Br)[C@@H]1O. The Morgan fingerprint density at radius 3 is 2.76 bits per heavy atom. The molecule has 1 aromatic heterocycles. The van der Waals surface area contributed by atoms with E-state index < -0.39 is 34.2 Å². The molecule has 0 bridgehead atoms. The van der Waals surface area contributed by atoms with Gasteiger partial charge in [-0.3, -0.25) is 14.3 Å². The van der Waals surface area contributed by atoms with Crippen molar-refractivity contribution in [3.8, 4) is 0 Å². The van der Waals surface area contributed by atoms with Gasteiger partial charge in [0, 0.05) is 0 Å². The lowest BCUT2D eigenvalue weighted by Crippen LogP contribution is -2.36. The van der Waals surface area contributed by atoms with Crippen LogP contribution in [-0.4, -0.2) is 25.6 Å². The summed E-state index contributed by atoms with van der Waals surface area (Å²) in [5.41, 5.74) is -1.88. The number of aromatic amines is 1. The average molecular weight is 308 g/mol. The van der Waals surface area contributed by atoms with E-state index in [1.54, 1.807) is 6.92 Å². The highest BCUT2D eigenvalue weighted by atomic mass is 79.9. The number of hydrogen-bond acceptors (Lipinski definition) is 4. The highest BCUT2D eigenvalue weighted by Gasteiger charge is 2.42. The van der Waals surface area contributed by atoms with Gasteiger partial charge in [0.2, 0.25) is 5.82 Å². The van der Waals surface area contributed by atoms with Gasteiger partial charge in [-0.15, -0.1) is 0 Å². The van der Waals surface area contributed by atoms with E-state index in [1.807, 2.05) is 4.98 Å². The zero-order valence-electron chi connectivity index (χ0n) is 8.68. The number of halogens is 2. The van der Waals surface area contributed by atoms with Crippen LogP contribution in [0.3, 0.4) is 0 Å². The molecule has 17 heavy (non-hydrogen) atoms. The van der Waals surface area contributed by atoms with Gasteiger partial charge >= 0.3 is 5.69 Å². The van der Waals surface area contributed by atoms with Crippen molar-refractivity contribution in [3.63, 3.8) is 0 Å². The standard InChI is InChI=1S/C9H9BrFN2O4/c1-3-6(14)5(10)8(17-3)13-2-4(11)7(15)12-9(13)16/h2,5-6,8,14H,1H3,(H,12,15,16)/t5-,6+,8+/m0/s1. The zero-order chi connectivity index (χ0) is 12.7. The Hall–Kier alpha value is -0.990. The fraction of sp³-hybridized carbons (Fsp3) is 0.444. The Kier molecular flexibility index (Phi) is 3.19. The molecule has 0 unspecified atom stereocenters. The van der Waals surface area contributed by atoms with Crippen LogP contribution in [0.15, 0.2) is 15.8 Å². The molecule has 0 aromatic carbocycles. The molecule has 0 saturated carbocycles. The third-order valence-corrected chi connectivity index (χ3v) is 3.45. The zero-order valence-corrected chi connectivity index (χ0v) is 10.3. The molecule has 1 fully saturated rings. The van der Waals surface area contributed by atoms with Gasteiger partial charge in [-0.25, -0.2) is 4.79 Å². The minimum atomic E-state index is -1.09. The van der Waals surface area contributed by atoms with Crippen molar-refractivity contribution in [2.75, 3.05) is 0 Å². The first kappa shape index (κ1) is 12.5. The lowest BCUT2D eigenvalue weighted by Gasteiger charge is -2.16. The van der Waals surface area contributed by atoms with Gasteiger partial charge < -0.3 is 9.84 Å². The molecule has 3 atom stereocenters. The van der Waals surface area contributed by atoms with E-state index in [4.69, 9.17) is 4.74 Å². The summed E-state index contributed by atoms with van der Waals surface area (Å²) in [5, 5.41) is 9.62. The number of rotatable bonds is 1. The van der Waals surface area contributed by atoms with Gasteiger partial charge in [0.05, 0.1) is 11.0 Å². The van der Waals surface area contributed by atoms with Crippen molar-refractivity contribution >= 4 is 15.9 Å². The summed E-state index contributed by atoms with van der Waals surface area (Å²) in [6.45, 7) is 1.55. The van der Waals surface area contributed by atoms with Crippen LogP contribution in [-0.2, 0) is 4.74 Å². The molecule has 0 amide bonds. The van der Waals surface area contributed by atoms with Crippen LogP contribution in [0.25, 0.3) is 0 Å². The third kappa shape index (κ3) is 2.07. The van der Waals surface area contributed by atoms with E-state index in [1.165, 1.54) is 0 Å². The monoisotopic (exact) mass is 307 g/mol. The number of aliphatic hydroxyl groups is 1. The first-order chi connectivity index (χ1) is 7.91. The van der Waals surface area contributed by atoms with Crippen LogP contribution < -0.4 is 11.2 Å². The molecule has 1 aliphatic rings. The summed E-state index contributed by atoms with van der Waals surface area (Å²) in [5.74, 6) is -1.09. The topological polar surface area (TPSA) is 84.3 Å². The summed E-state index contributed by atoms with van der Waals surface area (Å²) >= 11 is 3.15. The molecule has 0 aliphatic carbocycles. The summed E-state index contributed by atoms with van der Waals surface area (Å²) in [6.07, 6.45) is -0.730. The van der Waals surface area contributed by atoms with Crippen molar-refractivity contribution in [2.45, 2.75) is 24.1 Å². The van der Waals surface area contributed by atoms with Crippen molar-refractivity contribution in [3.05, 3.63) is 39.0 Å². The highest BCUT2D eigenvalue weighted by molar-refractivity contribution is 9.09. The Labute approximate surface area is 103 Å². The number of aromatic nitrogens is 2. The Morgan fingerprint density at radius 1 is 1.59 bits per heavy atom. The highest BCUT2D eigenvalue weighted by Crippen LogP contribution is 2.37. The molecule has 1 aromatic rings. The first-order valence-electron chi connectivity index (χ1n) is 4.75. The van der Waals surface area contributed by atoms with E-state index >= 15 is 0 Å². The van der Waals surface area contributed by atoms with Gasteiger partial charge in [-0.1, -0.05) is 15.9 Å². The lowest BCUT2D eigenvalue weighted by molar-refractivity contribution is 0.0541. The van der Waals surface area contributed by atoms with E-state index in [9.17, 15) is 19.1 Å². The predicted molar refractivity (Wildman–Crippen MR) is 59.0 cm³/mol. The maximum atomic E-state index is 13.1. The number of hydrogen-bond donors (Lipinski definition) is 2. The second kappa shape index (κ2) is 4.35. The van der Waals surface area contributed by atoms with Crippen LogP contribution in [0, 0.1) is 11.9 Å². The molecule has 2 heterocycles. The molecule has 93 valence electrons. The molecule has 8 heteroatoms. The molecular formula is C9H9BrFN2O4. The normalized spacial score (nSPS) is 29.8. The van der Waals surface area contributed by atoms with E-state index in [0.717, 1.165) is 10.8 Å². The van der Waals surface area contributed by atoms with Crippen LogP contribution in [0.5, 0.6) is 0 Å². The Balaban J connectivity index is 2.46. The number of aliphatic hydroxyl groups excluding tert-OH is 1. The van der Waals surface area contributed by atoms with Crippen molar-refractivity contribution in [1.29, 1.82) is 0 Å². The van der Waals surface area contributed by atoms with Gasteiger partial charge in [0.25, 0.3) is 5.56 Å². The average Bonchev–Trinajstić information content (AvgIpc) is 2.51. The molecule has 2 N–H and O–H groups in total. The molecule has 1 radical (unpaired) electrons. The van der Waals surface area contributed by atoms with Gasteiger partial charge in [-0.05, 0) is 6.92 Å². The summed E-state index contributed by atoms with van der Waals surface area (Å²) in [6, 6.07) is 0. The van der Waals surface area contributed by atoms with Gasteiger partial charge in [0.1, 0.15) is 12.2 Å². The number of alkyl halides is 1. The van der Waals surface area contributed by atoms with Gasteiger partial charge in [-0.2, -0.15) is 4.39 Å². The molecule has 1 saturated heterocycles. The van der Waals surface area contributed by atoms with E-state index in [0.29, 0.717) is 6.10 Å². The van der Waals surface area contributed by atoms with Crippen LogP contribution in [0.2, 0.25) is 0 Å². The van der Waals surface area contributed by atoms with Gasteiger partial charge in [0.15, 0.2) is 6.23 Å². The number of ether oxygens (including phenoxy) is 1. The first-order valence-corrected chi connectivity index (χ1v) is 5.66. The minimum Gasteiger partial charge on any atom is -0.389 e. The number of nitrogens with zero attached hydrogens (tertiary/aromatic N) is 1. The number of H-pyrrole nitrogens is 1. The fourth-order valence-electron chi connectivity index (χ4n) is 1.57. The Morgan fingerprint density at radius 2 is 2.24 bits per heavy atom. The van der Waals surface area contributed by atoms with Crippen molar-refractivity contribution in [2.24, 2.45) is 0 Å². The van der Waals surface area contributed by atoms with Crippen LogP contribution in [0.1, 0.15) is 13.2 Å². The predicted octanol–water partition coefficient (Wildman–Crippen LogP) is -0.119. The molecule has 2 rings (SSSR count). The summed E-state index contributed by atoms with van der Waals surface area (Å²) in [4.78, 5) is 23.6. The van der Waals surface area contributed by atoms with Crippen LogP contribution >= 0.6 is 15.9 Å². The molecule has 6 nitrogen and oxygen atoms in total. The van der Waals surface area contributed by atoms with Crippen LogP contribution in [0.4, 0.5) is 4.39 Å². The number of nitrogens with one attached hydrogen (secondary N) is 1. The molecule has 0 spiro atoms. The van der Waals surface area contributed by atoms with E-state index in [-0.39, 0.29) is 0 Å². The van der Waals surface area contributed by atoms with Crippen molar-refractivity contribution < 1.29 is 14.2 Å². The fourth-order valence-corrected chi connectivity index (χ4v) is 2.30. The second-order valence-electron chi connectivity index (χ2n) is 3.65. The second-order valence-corrected chi connectivity index (χ2v) is 4.71. The van der Waals surface area contributed by atoms with E-state index in [2.05, 4.69) is 15.9 Å². The largest absolute Gasteiger partial charge is 0.389 e. The Bertz CT molecular complexity index is 543. The smallest absolute Gasteiger partial charge is 0.330 e. The maximum Gasteiger partial charge on any atom is 0.330 e. The molecular weight excluding hydrogens is 299 g/mol. The quantitative estimate of drug-likeness (QED) is 0.709. The van der Waals surface area contributed by atoms with Crippen molar-refractivity contribution in [1.82, 2.24) is 9.55 Å². The lowest BCUT2D eigenvalue weighted by atomic mass is 10.2. The molecule has 1 aliphatic heterocycles. The summed E-state index contributed by atoms with van der Waals surface area (Å²) < 4.78 is 19.2. The minimum absolute atomic E-state index is 0.315. The maximum absolute atomic E-state index is 13.1.